The van der Waals surface area contributed by atoms with E-state index in [1.807, 2.05) is 0 Å². The van der Waals surface area contributed by atoms with Crippen molar-refractivity contribution in [3.8, 4) is 0 Å². The van der Waals surface area contributed by atoms with Crippen LogP contribution in [-0.4, -0.2) is 37.2 Å². The molecule has 0 amide bonds. The van der Waals surface area contributed by atoms with E-state index < -0.39 is 6.10 Å². The molecule has 6 heteroatoms. The Morgan fingerprint density at radius 1 is 0.333 bits per heavy atom. The fourth-order valence-corrected chi connectivity index (χ4v) is 7.15. The lowest BCUT2D eigenvalue weighted by Gasteiger charge is -2.18. The molecular weight excluding hydrogens is 745 g/mol. The van der Waals surface area contributed by atoms with Gasteiger partial charge in [-0.05, 0) is 83.5 Å². The molecule has 0 aromatic heterocycles. The van der Waals surface area contributed by atoms with Gasteiger partial charge in [0.2, 0.25) is 0 Å². The largest absolute Gasteiger partial charge is 0.462 e. The molecule has 348 valence electrons. The van der Waals surface area contributed by atoms with Gasteiger partial charge in [0, 0.05) is 19.3 Å². The lowest BCUT2D eigenvalue weighted by Crippen LogP contribution is -2.30. The first kappa shape index (κ1) is 57.4. The van der Waals surface area contributed by atoms with Gasteiger partial charge in [-0.15, -0.1) is 0 Å². The average Bonchev–Trinajstić information content (AvgIpc) is 3.24. The van der Waals surface area contributed by atoms with Gasteiger partial charge in [-0.2, -0.15) is 0 Å². The molecule has 0 aliphatic heterocycles. The summed E-state index contributed by atoms with van der Waals surface area (Å²) in [4.78, 5) is 37.9. The maximum absolute atomic E-state index is 12.8. The predicted molar refractivity (Wildman–Crippen MR) is 256 cm³/mol. The highest BCUT2D eigenvalue weighted by Crippen LogP contribution is 2.14. The molecule has 1 atom stereocenters. The summed E-state index contributed by atoms with van der Waals surface area (Å²) >= 11 is 0. The van der Waals surface area contributed by atoms with Gasteiger partial charge in [-0.25, -0.2) is 0 Å². The van der Waals surface area contributed by atoms with Crippen LogP contribution < -0.4 is 0 Å². The molecule has 1 unspecified atom stereocenters. The summed E-state index contributed by atoms with van der Waals surface area (Å²) in [6, 6.07) is 0. The molecule has 0 spiro atoms. The topological polar surface area (TPSA) is 78.9 Å². The third-order valence-electron chi connectivity index (χ3n) is 11.1. The second-order valence-corrected chi connectivity index (χ2v) is 17.1. The van der Waals surface area contributed by atoms with Crippen LogP contribution in [-0.2, 0) is 28.6 Å². The lowest BCUT2D eigenvalue weighted by atomic mass is 10.1. The zero-order valence-electron chi connectivity index (χ0n) is 39.7. The minimum absolute atomic E-state index is 0.0815. The van der Waals surface area contributed by atoms with E-state index >= 15 is 0 Å². The highest BCUT2D eigenvalue weighted by molar-refractivity contribution is 5.71. The minimum atomic E-state index is -0.782. The van der Waals surface area contributed by atoms with Gasteiger partial charge in [-0.1, -0.05) is 204 Å². The van der Waals surface area contributed by atoms with Crippen LogP contribution in [0.1, 0.15) is 258 Å². The Morgan fingerprint density at radius 3 is 0.967 bits per heavy atom. The first-order valence-corrected chi connectivity index (χ1v) is 25.6. The summed E-state index contributed by atoms with van der Waals surface area (Å²) in [7, 11) is 0. The Morgan fingerprint density at radius 2 is 0.600 bits per heavy atom. The Kier molecular flexibility index (Phi) is 46.9. The maximum atomic E-state index is 12.8. The van der Waals surface area contributed by atoms with Gasteiger partial charge in [0.25, 0.3) is 0 Å². The number of esters is 3. The monoisotopic (exact) mass is 841 g/mol. The van der Waals surface area contributed by atoms with Crippen LogP contribution >= 0.6 is 0 Å². The van der Waals surface area contributed by atoms with Gasteiger partial charge in [0.05, 0.1) is 0 Å². The second-order valence-electron chi connectivity index (χ2n) is 17.1. The van der Waals surface area contributed by atoms with Crippen molar-refractivity contribution < 1.29 is 28.6 Å². The van der Waals surface area contributed by atoms with Crippen LogP contribution in [0.3, 0.4) is 0 Å². The van der Waals surface area contributed by atoms with Gasteiger partial charge in [-0.3, -0.25) is 14.4 Å². The van der Waals surface area contributed by atoms with Crippen molar-refractivity contribution in [2.75, 3.05) is 13.2 Å². The number of carbonyl (C=O) groups excluding carboxylic acids is 3. The summed E-state index contributed by atoms with van der Waals surface area (Å²) in [5, 5.41) is 0. The van der Waals surface area contributed by atoms with Crippen LogP contribution in [0.2, 0.25) is 0 Å². The van der Waals surface area contributed by atoms with Crippen molar-refractivity contribution >= 4 is 17.9 Å². The number of carbonyl (C=O) groups is 3. The lowest BCUT2D eigenvalue weighted by molar-refractivity contribution is -0.167. The van der Waals surface area contributed by atoms with E-state index in [0.717, 1.165) is 103 Å². The standard InChI is InChI=1S/C54H96O6/c1-4-7-10-13-16-19-22-24-26-28-29-32-35-38-41-44-47-53(56)59-50-51(49-58-52(55)46-43-40-37-34-31-21-18-15-12-9-6-3)60-54(57)48-45-42-39-36-33-30-27-25-23-20-17-14-11-8-5-2/h17,19-20,22,25-28,51H,4-16,18,21,23-24,29-50H2,1-3H3/b20-17-,22-19-,27-25-,28-26-. The summed E-state index contributed by atoms with van der Waals surface area (Å²) in [5.74, 6) is -0.904. The Labute approximate surface area is 371 Å². The van der Waals surface area contributed by atoms with E-state index in [-0.39, 0.29) is 31.1 Å². The molecule has 0 aromatic carbocycles. The molecule has 60 heavy (non-hydrogen) atoms. The first-order valence-electron chi connectivity index (χ1n) is 25.6. The number of rotatable bonds is 46. The fraction of sp³-hybridized carbons (Fsp3) is 0.796. The summed E-state index contributed by atoms with van der Waals surface area (Å²) in [6.45, 7) is 6.57. The fourth-order valence-electron chi connectivity index (χ4n) is 7.15. The number of ether oxygens (including phenoxy) is 3. The van der Waals surface area contributed by atoms with E-state index in [1.54, 1.807) is 0 Å². The van der Waals surface area contributed by atoms with Crippen molar-refractivity contribution in [3.63, 3.8) is 0 Å². The zero-order valence-corrected chi connectivity index (χ0v) is 39.7. The molecule has 0 radical (unpaired) electrons. The van der Waals surface area contributed by atoms with Crippen LogP contribution in [0.15, 0.2) is 48.6 Å². The average molecular weight is 841 g/mol. The van der Waals surface area contributed by atoms with Crippen molar-refractivity contribution in [1.29, 1.82) is 0 Å². The third-order valence-corrected chi connectivity index (χ3v) is 11.1. The highest BCUT2D eigenvalue weighted by atomic mass is 16.6. The van der Waals surface area contributed by atoms with Crippen LogP contribution in [0.4, 0.5) is 0 Å². The Balaban J connectivity index is 4.40. The molecule has 6 nitrogen and oxygen atoms in total. The van der Waals surface area contributed by atoms with Crippen LogP contribution in [0.5, 0.6) is 0 Å². The molecule has 0 saturated carbocycles. The highest BCUT2D eigenvalue weighted by Gasteiger charge is 2.19. The van der Waals surface area contributed by atoms with E-state index in [9.17, 15) is 14.4 Å². The molecule has 0 aliphatic rings. The second kappa shape index (κ2) is 49.0. The van der Waals surface area contributed by atoms with Crippen LogP contribution in [0.25, 0.3) is 0 Å². The van der Waals surface area contributed by atoms with E-state index in [4.69, 9.17) is 14.2 Å². The van der Waals surface area contributed by atoms with Gasteiger partial charge in [0.15, 0.2) is 6.10 Å². The molecule has 0 aromatic rings. The van der Waals surface area contributed by atoms with Crippen molar-refractivity contribution in [2.45, 2.75) is 264 Å². The molecule has 0 heterocycles. The maximum Gasteiger partial charge on any atom is 0.306 e. The zero-order chi connectivity index (χ0) is 43.7. The summed E-state index contributed by atoms with van der Waals surface area (Å²) in [5.41, 5.74) is 0. The Bertz CT molecular complexity index is 1060. The third kappa shape index (κ3) is 46.4. The molecule has 0 saturated heterocycles. The van der Waals surface area contributed by atoms with E-state index in [0.29, 0.717) is 19.3 Å². The quantitative estimate of drug-likeness (QED) is 0.0263. The van der Waals surface area contributed by atoms with Gasteiger partial charge < -0.3 is 14.2 Å². The first-order chi connectivity index (χ1) is 29.5. The molecular formula is C54H96O6. The van der Waals surface area contributed by atoms with Gasteiger partial charge >= 0.3 is 17.9 Å². The van der Waals surface area contributed by atoms with E-state index in [1.165, 1.54) is 116 Å². The SMILES string of the molecule is CCCCC/C=C\C/C=C\CCCCCCCC(=O)OC(COC(=O)CCCCCCC/C=C\C/C=C\CCCCCC)COC(=O)CCCCCCCCCCCCC. The van der Waals surface area contributed by atoms with Crippen molar-refractivity contribution in [3.05, 3.63) is 48.6 Å². The number of hydrogen-bond donors (Lipinski definition) is 0. The number of unbranched alkanes of at least 4 members (excludes halogenated alkanes) is 27. The normalized spacial score (nSPS) is 12.4. The summed E-state index contributed by atoms with van der Waals surface area (Å²) < 4.78 is 16.8. The molecule has 0 rings (SSSR count). The van der Waals surface area contributed by atoms with Crippen molar-refractivity contribution in [1.82, 2.24) is 0 Å². The smallest absolute Gasteiger partial charge is 0.306 e. The van der Waals surface area contributed by atoms with E-state index in [2.05, 4.69) is 69.4 Å². The van der Waals surface area contributed by atoms with Gasteiger partial charge in [0.1, 0.15) is 13.2 Å². The van der Waals surface area contributed by atoms with Crippen molar-refractivity contribution in [2.24, 2.45) is 0 Å². The predicted octanol–water partition coefficient (Wildman–Crippen LogP) is 16.7. The summed E-state index contributed by atoms with van der Waals surface area (Å²) in [6.07, 6.45) is 58.0. The van der Waals surface area contributed by atoms with Crippen LogP contribution in [0, 0.1) is 0 Å². The number of hydrogen-bond acceptors (Lipinski definition) is 6. The minimum Gasteiger partial charge on any atom is -0.462 e. The molecule has 0 N–H and O–H groups in total. The molecule has 0 fully saturated rings. The Hall–Kier alpha value is -2.63. The molecule has 0 bridgehead atoms. The molecule has 0 aliphatic carbocycles. The number of allylic oxidation sites excluding steroid dienone is 8.